The van der Waals surface area contributed by atoms with Gasteiger partial charge in [0.15, 0.2) is 0 Å². The van der Waals surface area contributed by atoms with Crippen molar-refractivity contribution >= 4 is 33.2 Å². The van der Waals surface area contributed by atoms with Crippen molar-refractivity contribution in [2.24, 2.45) is 0 Å². The Morgan fingerprint density at radius 1 is 1.00 bits per heavy atom. The molecule has 1 amide bonds. The van der Waals surface area contributed by atoms with Crippen LogP contribution in [0.15, 0.2) is 71.6 Å². The van der Waals surface area contributed by atoms with Gasteiger partial charge in [0.2, 0.25) is 5.91 Å². The van der Waals surface area contributed by atoms with Crippen LogP contribution in [0.5, 0.6) is 0 Å². The molecule has 7 heteroatoms. The Bertz CT molecular complexity index is 1290. The fourth-order valence-corrected chi connectivity index (χ4v) is 6.17. The average Bonchev–Trinajstić information content (AvgIpc) is 2.83. The third kappa shape index (κ3) is 5.29. The molecule has 0 fully saturated rings. The zero-order valence-electron chi connectivity index (χ0n) is 19.4. The Labute approximate surface area is 206 Å². The van der Waals surface area contributed by atoms with Gasteiger partial charge in [-0.05, 0) is 92.1 Å². The van der Waals surface area contributed by atoms with Crippen LogP contribution in [-0.2, 0) is 27.7 Å². The highest BCUT2D eigenvalue weighted by Crippen LogP contribution is 2.29. The molecule has 5 nitrogen and oxygen atoms in total. The molecule has 0 aromatic heterocycles. The van der Waals surface area contributed by atoms with Gasteiger partial charge >= 0.3 is 0 Å². The first-order valence-electron chi connectivity index (χ1n) is 11.5. The van der Waals surface area contributed by atoms with Gasteiger partial charge in [-0.1, -0.05) is 48.0 Å². The number of benzene rings is 3. The minimum atomic E-state index is -3.97. The number of amides is 1. The molecule has 0 spiro atoms. The van der Waals surface area contributed by atoms with Crippen molar-refractivity contribution in [1.82, 2.24) is 5.32 Å². The first-order valence-corrected chi connectivity index (χ1v) is 13.3. The summed E-state index contributed by atoms with van der Waals surface area (Å²) in [5.74, 6) is -0.376. The number of fused-ring (bicyclic) bond motifs is 1. The van der Waals surface area contributed by atoms with Crippen molar-refractivity contribution < 1.29 is 13.2 Å². The predicted molar refractivity (Wildman–Crippen MR) is 137 cm³/mol. The second-order valence-corrected chi connectivity index (χ2v) is 11.1. The highest BCUT2D eigenvalue weighted by atomic mass is 35.5. The summed E-state index contributed by atoms with van der Waals surface area (Å²) in [6.45, 7) is 3.36. The number of aryl methyl sites for hydroxylation is 3. The molecule has 1 N–H and O–H groups in total. The lowest BCUT2D eigenvalue weighted by atomic mass is 9.89. The highest BCUT2D eigenvalue weighted by Gasteiger charge is 2.28. The SMILES string of the molecule is Cc1cc(Cl)ccc1N(CC(=O)N[C@H](C)c1ccc2c(c1)CCCC2)S(=O)(=O)c1ccccc1. The van der Waals surface area contributed by atoms with Crippen LogP contribution < -0.4 is 9.62 Å². The summed E-state index contributed by atoms with van der Waals surface area (Å²) < 4.78 is 28.2. The van der Waals surface area contributed by atoms with Crippen molar-refractivity contribution in [3.05, 3.63) is 94.0 Å². The molecule has 0 heterocycles. The van der Waals surface area contributed by atoms with Gasteiger partial charge in [-0.3, -0.25) is 9.10 Å². The van der Waals surface area contributed by atoms with Gasteiger partial charge in [-0.25, -0.2) is 8.42 Å². The number of rotatable bonds is 7. The van der Waals surface area contributed by atoms with Crippen LogP contribution in [0.3, 0.4) is 0 Å². The lowest BCUT2D eigenvalue weighted by molar-refractivity contribution is -0.120. The maximum atomic E-state index is 13.5. The molecular weight excluding hydrogens is 468 g/mol. The molecule has 1 atom stereocenters. The number of halogens is 1. The van der Waals surface area contributed by atoms with E-state index in [0.717, 1.165) is 22.7 Å². The first kappa shape index (κ1) is 24.3. The van der Waals surface area contributed by atoms with E-state index in [2.05, 4.69) is 23.5 Å². The second kappa shape index (κ2) is 10.2. The molecule has 0 radical (unpaired) electrons. The van der Waals surface area contributed by atoms with Crippen LogP contribution >= 0.6 is 11.6 Å². The van der Waals surface area contributed by atoms with Gasteiger partial charge in [0.25, 0.3) is 10.0 Å². The zero-order chi connectivity index (χ0) is 24.3. The van der Waals surface area contributed by atoms with Gasteiger partial charge in [0.1, 0.15) is 6.54 Å². The van der Waals surface area contributed by atoms with Gasteiger partial charge in [-0.2, -0.15) is 0 Å². The summed E-state index contributed by atoms with van der Waals surface area (Å²) in [7, 11) is -3.97. The zero-order valence-corrected chi connectivity index (χ0v) is 21.0. The second-order valence-electron chi connectivity index (χ2n) is 8.78. The average molecular weight is 497 g/mol. The Kier molecular flexibility index (Phi) is 7.29. The smallest absolute Gasteiger partial charge is 0.264 e. The molecule has 0 saturated heterocycles. The number of carbonyl (C=O) groups excluding carboxylic acids is 1. The van der Waals surface area contributed by atoms with E-state index < -0.39 is 10.0 Å². The molecule has 0 unspecified atom stereocenters. The summed E-state index contributed by atoms with van der Waals surface area (Å²) >= 11 is 6.10. The normalized spacial score (nSPS) is 14.2. The topological polar surface area (TPSA) is 66.5 Å². The van der Waals surface area contributed by atoms with Crippen LogP contribution in [0.1, 0.15) is 48.1 Å². The monoisotopic (exact) mass is 496 g/mol. The first-order chi connectivity index (χ1) is 16.3. The number of hydrogen-bond acceptors (Lipinski definition) is 3. The van der Waals surface area contributed by atoms with E-state index in [-0.39, 0.29) is 23.4 Å². The molecule has 178 valence electrons. The van der Waals surface area contributed by atoms with E-state index in [9.17, 15) is 13.2 Å². The Hall–Kier alpha value is -2.83. The minimum absolute atomic E-state index is 0.125. The fourth-order valence-electron chi connectivity index (χ4n) is 4.44. The number of anilines is 1. The maximum Gasteiger partial charge on any atom is 0.264 e. The van der Waals surface area contributed by atoms with E-state index in [1.165, 1.54) is 36.1 Å². The van der Waals surface area contributed by atoms with Crippen molar-refractivity contribution in [1.29, 1.82) is 0 Å². The number of nitrogens with zero attached hydrogens (tertiary/aromatic N) is 1. The highest BCUT2D eigenvalue weighted by molar-refractivity contribution is 7.92. The van der Waals surface area contributed by atoms with Crippen molar-refractivity contribution in [2.45, 2.75) is 50.5 Å². The summed E-state index contributed by atoms with van der Waals surface area (Å²) in [6.07, 6.45) is 4.56. The Morgan fingerprint density at radius 2 is 1.71 bits per heavy atom. The van der Waals surface area contributed by atoms with Crippen LogP contribution in [-0.4, -0.2) is 20.9 Å². The fraction of sp³-hybridized carbons (Fsp3) is 0.296. The van der Waals surface area contributed by atoms with E-state index in [4.69, 9.17) is 11.6 Å². The van der Waals surface area contributed by atoms with E-state index >= 15 is 0 Å². The summed E-state index contributed by atoms with van der Waals surface area (Å²) in [6, 6.07) is 19.2. The quantitative estimate of drug-likeness (QED) is 0.463. The summed E-state index contributed by atoms with van der Waals surface area (Å²) in [5.41, 5.74) is 4.84. The van der Waals surface area contributed by atoms with Gasteiger partial charge in [0, 0.05) is 5.02 Å². The molecule has 34 heavy (non-hydrogen) atoms. The molecule has 0 saturated carbocycles. The summed E-state index contributed by atoms with van der Waals surface area (Å²) in [4.78, 5) is 13.2. The molecule has 3 aromatic rings. The van der Waals surface area contributed by atoms with Crippen LogP contribution in [0.2, 0.25) is 5.02 Å². The van der Waals surface area contributed by atoms with Crippen LogP contribution in [0.25, 0.3) is 0 Å². The van der Waals surface area contributed by atoms with Crippen molar-refractivity contribution in [3.63, 3.8) is 0 Å². The van der Waals surface area contributed by atoms with Crippen molar-refractivity contribution in [3.8, 4) is 0 Å². The maximum absolute atomic E-state index is 13.5. The largest absolute Gasteiger partial charge is 0.348 e. The van der Waals surface area contributed by atoms with Crippen LogP contribution in [0, 0.1) is 6.92 Å². The summed E-state index contributed by atoms with van der Waals surface area (Å²) in [5, 5.41) is 3.49. The van der Waals surface area contributed by atoms with Gasteiger partial charge in [-0.15, -0.1) is 0 Å². The number of hydrogen-bond donors (Lipinski definition) is 1. The van der Waals surface area contributed by atoms with Crippen LogP contribution in [0.4, 0.5) is 5.69 Å². The Balaban J connectivity index is 1.59. The molecule has 4 rings (SSSR count). The lowest BCUT2D eigenvalue weighted by Crippen LogP contribution is -2.42. The van der Waals surface area contributed by atoms with E-state index in [1.807, 2.05) is 6.92 Å². The molecule has 1 aliphatic rings. The number of sulfonamides is 1. The molecule has 0 bridgehead atoms. The lowest BCUT2D eigenvalue weighted by Gasteiger charge is -2.27. The third-order valence-electron chi connectivity index (χ3n) is 6.30. The Morgan fingerprint density at radius 3 is 2.41 bits per heavy atom. The molecule has 0 aliphatic heterocycles. The van der Waals surface area contributed by atoms with E-state index in [0.29, 0.717) is 16.3 Å². The third-order valence-corrected chi connectivity index (χ3v) is 8.31. The van der Waals surface area contributed by atoms with Gasteiger partial charge in [0.05, 0.1) is 16.6 Å². The van der Waals surface area contributed by atoms with Crippen molar-refractivity contribution in [2.75, 3.05) is 10.8 Å². The molecule has 3 aromatic carbocycles. The number of carbonyl (C=O) groups is 1. The molecule has 1 aliphatic carbocycles. The minimum Gasteiger partial charge on any atom is -0.348 e. The molecular formula is C27H29ClN2O3S. The predicted octanol–water partition coefficient (Wildman–Crippen LogP) is 5.60. The van der Waals surface area contributed by atoms with Gasteiger partial charge < -0.3 is 5.32 Å². The van der Waals surface area contributed by atoms with E-state index in [1.54, 1.807) is 43.3 Å². The standard InChI is InChI=1S/C27H29ClN2O3S/c1-19-16-24(28)14-15-26(19)30(34(32,33)25-10-4-3-5-11-25)18-27(31)29-20(2)22-13-12-21-8-6-7-9-23(21)17-22/h3-5,10-17,20H,6-9,18H2,1-2H3,(H,29,31)/t20-/m1/s1. The number of nitrogens with one attached hydrogen (secondary N) is 1.